The van der Waals surface area contributed by atoms with E-state index in [1.54, 1.807) is 0 Å². The number of amides is 1. The van der Waals surface area contributed by atoms with Crippen molar-refractivity contribution >= 4 is 39.8 Å². The van der Waals surface area contributed by atoms with Crippen LogP contribution in [0.25, 0.3) is 10.9 Å². The number of anilines is 2. The molecule has 0 bridgehead atoms. The second-order valence-corrected chi connectivity index (χ2v) is 7.26. The molecule has 1 heterocycles. The third kappa shape index (κ3) is 3.01. The maximum absolute atomic E-state index is 13.1. The Kier molecular flexibility index (Phi) is 4.29. The maximum Gasteiger partial charge on any atom is 0.256 e. The highest BCUT2D eigenvalue weighted by molar-refractivity contribution is 6.31. The van der Waals surface area contributed by atoms with Crippen molar-refractivity contribution in [3.63, 3.8) is 0 Å². The van der Waals surface area contributed by atoms with E-state index in [1.165, 1.54) is 0 Å². The first-order valence-electron chi connectivity index (χ1n) is 8.72. The van der Waals surface area contributed by atoms with Crippen LogP contribution < -0.4 is 10.2 Å². The zero-order chi connectivity index (χ0) is 18.3. The number of nitrogens with one attached hydrogen (secondary N) is 1. The van der Waals surface area contributed by atoms with Crippen LogP contribution in [0.15, 0.2) is 42.5 Å². The molecule has 1 aliphatic carbocycles. The number of aryl methyl sites for hydroxylation is 1. The second-order valence-electron chi connectivity index (χ2n) is 6.82. The Bertz CT molecular complexity index is 996. The molecule has 4 nitrogen and oxygen atoms in total. The summed E-state index contributed by atoms with van der Waals surface area (Å²) in [6.07, 6.45) is 2.84. The number of halogens is 1. The SMILES string of the molecule is CN(C)c1ccc(NC(=O)c2c3c(nc4ccc(Cl)cc24)CCC3)cc1. The summed E-state index contributed by atoms with van der Waals surface area (Å²) in [6, 6.07) is 13.4. The minimum atomic E-state index is -0.101. The van der Waals surface area contributed by atoms with Crippen molar-refractivity contribution in [3.8, 4) is 0 Å². The van der Waals surface area contributed by atoms with Gasteiger partial charge in [0, 0.05) is 41.6 Å². The average molecular weight is 366 g/mol. The van der Waals surface area contributed by atoms with Crippen LogP contribution in [0.1, 0.15) is 28.0 Å². The number of rotatable bonds is 3. The standard InChI is InChI=1S/C21H20ClN3O/c1-25(2)15-9-7-14(8-10-15)23-21(26)20-16-4-3-5-18(16)24-19-11-6-13(22)12-17(19)20/h6-12H,3-5H2,1-2H3,(H,23,26). The summed E-state index contributed by atoms with van der Waals surface area (Å²) in [5.41, 5.74) is 5.49. The Labute approximate surface area is 157 Å². The largest absolute Gasteiger partial charge is 0.378 e. The van der Waals surface area contributed by atoms with Crippen molar-refractivity contribution in [2.45, 2.75) is 19.3 Å². The smallest absolute Gasteiger partial charge is 0.256 e. The topological polar surface area (TPSA) is 45.2 Å². The van der Waals surface area contributed by atoms with E-state index in [0.29, 0.717) is 10.6 Å². The zero-order valence-corrected chi connectivity index (χ0v) is 15.6. The molecule has 5 heteroatoms. The van der Waals surface area contributed by atoms with E-state index >= 15 is 0 Å². The Morgan fingerprint density at radius 1 is 1.12 bits per heavy atom. The number of aromatic nitrogens is 1. The van der Waals surface area contributed by atoms with Gasteiger partial charge in [-0.3, -0.25) is 9.78 Å². The molecule has 0 fully saturated rings. The molecular formula is C21H20ClN3O. The minimum absolute atomic E-state index is 0.101. The van der Waals surface area contributed by atoms with Gasteiger partial charge in [-0.15, -0.1) is 0 Å². The predicted molar refractivity (Wildman–Crippen MR) is 108 cm³/mol. The molecule has 1 amide bonds. The Balaban J connectivity index is 1.75. The summed E-state index contributed by atoms with van der Waals surface area (Å²) in [5.74, 6) is -0.101. The Morgan fingerprint density at radius 3 is 2.62 bits per heavy atom. The van der Waals surface area contributed by atoms with E-state index in [0.717, 1.165) is 52.8 Å². The third-order valence-electron chi connectivity index (χ3n) is 4.84. The second kappa shape index (κ2) is 6.61. The number of carbonyl (C=O) groups excluding carboxylic acids is 1. The molecule has 0 spiro atoms. The number of nitrogens with zero attached hydrogens (tertiary/aromatic N) is 2. The molecule has 1 N–H and O–H groups in total. The van der Waals surface area contributed by atoms with Crippen LogP contribution in [0.4, 0.5) is 11.4 Å². The number of hydrogen-bond donors (Lipinski definition) is 1. The van der Waals surface area contributed by atoms with Crippen LogP contribution in [0, 0.1) is 0 Å². The predicted octanol–water partition coefficient (Wildman–Crippen LogP) is 4.70. The molecule has 0 unspecified atom stereocenters. The summed E-state index contributed by atoms with van der Waals surface area (Å²) in [7, 11) is 3.98. The van der Waals surface area contributed by atoms with Gasteiger partial charge in [-0.2, -0.15) is 0 Å². The molecule has 1 aromatic heterocycles. The lowest BCUT2D eigenvalue weighted by molar-refractivity contribution is 0.102. The van der Waals surface area contributed by atoms with E-state index < -0.39 is 0 Å². The lowest BCUT2D eigenvalue weighted by Crippen LogP contribution is -2.16. The first-order valence-corrected chi connectivity index (χ1v) is 9.10. The maximum atomic E-state index is 13.1. The summed E-state index contributed by atoms with van der Waals surface area (Å²) < 4.78 is 0. The molecule has 2 aromatic carbocycles. The lowest BCUT2D eigenvalue weighted by Gasteiger charge is -2.15. The zero-order valence-electron chi connectivity index (χ0n) is 14.8. The highest BCUT2D eigenvalue weighted by atomic mass is 35.5. The molecule has 0 atom stereocenters. The summed E-state index contributed by atoms with van der Waals surface area (Å²) in [4.78, 5) is 19.9. The fraction of sp³-hybridized carbons (Fsp3) is 0.238. The van der Waals surface area contributed by atoms with Gasteiger partial charge in [0.05, 0.1) is 11.1 Å². The third-order valence-corrected chi connectivity index (χ3v) is 5.08. The number of pyridine rings is 1. The van der Waals surface area contributed by atoms with Gasteiger partial charge in [0.15, 0.2) is 0 Å². The molecule has 26 heavy (non-hydrogen) atoms. The molecule has 0 saturated carbocycles. The molecule has 4 rings (SSSR count). The molecule has 3 aromatic rings. The van der Waals surface area contributed by atoms with Gasteiger partial charge in [-0.1, -0.05) is 11.6 Å². The highest BCUT2D eigenvalue weighted by Gasteiger charge is 2.24. The van der Waals surface area contributed by atoms with Crippen LogP contribution in [0.3, 0.4) is 0 Å². The highest BCUT2D eigenvalue weighted by Crippen LogP contribution is 2.32. The van der Waals surface area contributed by atoms with Gasteiger partial charge in [0.1, 0.15) is 0 Å². The van der Waals surface area contributed by atoms with Crippen molar-refractivity contribution in [1.29, 1.82) is 0 Å². The van der Waals surface area contributed by atoms with Crippen LogP contribution in [-0.2, 0) is 12.8 Å². The molecule has 0 aliphatic heterocycles. The van der Waals surface area contributed by atoms with Crippen molar-refractivity contribution in [2.24, 2.45) is 0 Å². The van der Waals surface area contributed by atoms with Gasteiger partial charge >= 0.3 is 0 Å². The Hall–Kier alpha value is -2.59. The van der Waals surface area contributed by atoms with Gasteiger partial charge < -0.3 is 10.2 Å². The molecule has 1 aliphatic rings. The molecule has 132 valence electrons. The van der Waals surface area contributed by atoms with Crippen LogP contribution in [-0.4, -0.2) is 25.0 Å². The summed E-state index contributed by atoms with van der Waals surface area (Å²) >= 11 is 6.19. The van der Waals surface area contributed by atoms with E-state index in [9.17, 15) is 4.79 Å². The lowest BCUT2D eigenvalue weighted by atomic mass is 10.0. The fourth-order valence-corrected chi connectivity index (χ4v) is 3.70. The number of carbonyl (C=O) groups is 1. The van der Waals surface area contributed by atoms with Crippen LogP contribution in [0.5, 0.6) is 0 Å². The monoisotopic (exact) mass is 365 g/mol. The van der Waals surface area contributed by atoms with Crippen molar-refractivity contribution in [1.82, 2.24) is 4.98 Å². The quantitative estimate of drug-likeness (QED) is 0.732. The van der Waals surface area contributed by atoms with Gasteiger partial charge in [-0.05, 0) is 67.3 Å². The fourth-order valence-electron chi connectivity index (χ4n) is 3.53. The minimum Gasteiger partial charge on any atom is -0.378 e. The van der Waals surface area contributed by atoms with Gasteiger partial charge in [0.25, 0.3) is 5.91 Å². The van der Waals surface area contributed by atoms with E-state index in [-0.39, 0.29) is 5.91 Å². The van der Waals surface area contributed by atoms with Gasteiger partial charge in [0.2, 0.25) is 0 Å². The molecule has 0 radical (unpaired) electrons. The van der Waals surface area contributed by atoms with Crippen LogP contribution in [0.2, 0.25) is 5.02 Å². The number of hydrogen-bond acceptors (Lipinski definition) is 3. The first kappa shape index (κ1) is 16.9. The first-order chi connectivity index (χ1) is 12.5. The number of benzene rings is 2. The van der Waals surface area contributed by atoms with Crippen molar-refractivity contribution in [2.75, 3.05) is 24.3 Å². The summed E-state index contributed by atoms with van der Waals surface area (Å²) in [5, 5.41) is 4.47. The molecule has 0 saturated heterocycles. The average Bonchev–Trinajstić information content (AvgIpc) is 3.08. The Morgan fingerprint density at radius 2 is 1.88 bits per heavy atom. The van der Waals surface area contributed by atoms with Crippen molar-refractivity contribution < 1.29 is 4.79 Å². The summed E-state index contributed by atoms with van der Waals surface area (Å²) in [6.45, 7) is 0. The normalized spacial score (nSPS) is 12.9. The number of fused-ring (bicyclic) bond motifs is 2. The van der Waals surface area contributed by atoms with E-state index in [2.05, 4.69) is 5.32 Å². The van der Waals surface area contributed by atoms with E-state index in [4.69, 9.17) is 16.6 Å². The van der Waals surface area contributed by atoms with Crippen molar-refractivity contribution in [3.05, 3.63) is 64.3 Å². The van der Waals surface area contributed by atoms with Crippen LogP contribution >= 0.6 is 11.6 Å². The molecular weight excluding hydrogens is 346 g/mol. The van der Waals surface area contributed by atoms with E-state index in [1.807, 2.05) is 61.5 Å². The van der Waals surface area contributed by atoms with Gasteiger partial charge in [-0.25, -0.2) is 0 Å².